The molecule has 8 heteroatoms. The van der Waals surface area contributed by atoms with E-state index < -0.39 is 0 Å². The average Bonchev–Trinajstić information content (AvgIpc) is 2.82. The molecule has 0 spiro atoms. The second-order valence-electron chi connectivity index (χ2n) is 8.18. The van der Waals surface area contributed by atoms with Crippen LogP contribution < -0.4 is 15.5 Å². The van der Waals surface area contributed by atoms with E-state index in [1.165, 1.54) is 5.69 Å². The lowest BCUT2D eigenvalue weighted by Gasteiger charge is -2.36. The van der Waals surface area contributed by atoms with Crippen molar-refractivity contribution < 1.29 is 9.59 Å². The number of piperazine rings is 1. The number of hydrogen-bond acceptors (Lipinski definition) is 4. The van der Waals surface area contributed by atoms with Gasteiger partial charge in [-0.3, -0.25) is 9.59 Å². The van der Waals surface area contributed by atoms with Crippen LogP contribution in [0.3, 0.4) is 0 Å². The molecule has 0 atom stereocenters. The van der Waals surface area contributed by atoms with E-state index in [0.717, 1.165) is 64.6 Å². The molecule has 2 heterocycles. The van der Waals surface area contributed by atoms with Crippen LogP contribution in [0, 0.1) is 5.92 Å². The first kappa shape index (κ1) is 22.9. The van der Waals surface area contributed by atoms with Gasteiger partial charge in [0.15, 0.2) is 5.96 Å². The van der Waals surface area contributed by atoms with Crippen molar-refractivity contribution in [1.82, 2.24) is 20.4 Å². The highest BCUT2D eigenvalue weighted by molar-refractivity contribution is 5.85. The van der Waals surface area contributed by atoms with Crippen molar-refractivity contribution in [1.29, 1.82) is 0 Å². The summed E-state index contributed by atoms with van der Waals surface area (Å²) in [6, 6.07) is 10.3. The Morgan fingerprint density at radius 1 is 1.00 bits per heavy atom. The Morgan fingerprint density at radius 3 is 2.29 bits per heavy atom. The molecule has 0 bridgehead atoms. The lowest BCUT2D eigenvalue weighted by atomic mass is 9.93. The molecule has 2 fully saturated rings. The maximum atomic E-state index is 12.7. The quantitative estimate of drug-likeness (QED) is 0.525. The Balaban J connectivity index is 1.48. The molecule has 0 radical (unpaired) electrons. The predicted octanol–water partition coefficient (Wildman–Crippen LogP) is 1.15. The molecular formula is C23H36N6O2. The molecule has 0 saturated carbocycles. The van der Waals surface area contributed by atoms with Crippen molar-refractivity contribution in [2.45, 2.75) is 26.2 Å². The van der Waals surface area contributed by atoms with Gasteiger partial charge in [0.2, 0.25) is 11.8 Å². The lowest BCUT2D eigenvalue weighted by molar-refractivity contribution is -0.130. The molecule has 3 rings (SSSR count). The molecule has 0 aromatic heterocycles. The number of amides is 2. The van der Waals surface area contributed by atoms with Crippen molar-refractivity contribution in [3.8, 4) is 0 Å². The number of aliphatic imine (C=N–C) groups is 1. The summed E-state index contributed by atoms with van der Waals surface area (Å²) in [5, 5.41) is 6.03. The van der Waals surface area contributed by atoms with Crippen LogP contribution in [0.1, 0.15) is 26.2 Å². The first-order valence-corrected chi connectivity index (χ1v) is 11.4. The van der Waals surface area contributed by atoms with E-state index in [0.29, 0.717) is 12.3 Å². The van der Waals surface area contributed by atoms with E-state index >= 15 is 0 Å². The third-order valence-electron chi connectivity index (χ3n) is 6.12. The Bertz CT molecular complexity index is 738. The van der Waals surface area contributed by atoms with Gasteiger partial charge in [-0.05, 0) is 37.8 Å². The highest BCUT2D eigenvalue weighted by Gasteiger charge is 2.24. The second-order valence-corrected chi connectivity index (χ2v) is 8.18. The second kappa shape index (κ2) is 11.6. The maximum absolute atomic E-state index is 12.7. The average molecular weight is 429 g/mol. The van der Waals surface area contributed by atoms with E-state index in [2.05, 4.69) is 37.6 Å². The van der Waals surface area contributed by atoms with Gasteiger partial charge >= 0.3 is 0 Å². The van der Waals surface area contributed by atoms with Crippen LogP contribution in [0.2, 0.25) is 0 Å². The Labute approximate surface area is 185 Å². The number of para-hydroxylation sites is 1. The molecule has 1 aromatic carbocycles. The van der Waals surface area contributed by atoms with E-state index in [-0.39, 0.29) is 18.4 Å². The smallest absolute Gasteiger partial charge is 0.244 e. The van der Waals surface area contributed by atoms with Crippen LogP contribution in [0.15, 0.2) is 35.3 Å². The lowest BCUT2D eigenvalue weighted by Crippen LogP contribution is -2.50. The molecule has 2 aliphatic rings. The predicted molar refractivity (Wildman–Crippen MR) is 124 cm³/mol. The van der Waals surface area contributed by atoms with Gasteiger partial charge in [-0.25, -0.2) is 4.99 Å². The molecule has 31 heavy (non-hydrogen) atoms. The van der Waals surface area contributed by atoms with Crippen molar-refractivity contribution in [2.24, 2.45) is 10.9 Å². The summed E-state index contributed by atoms with van der Waals surface area (Å²) >= 11 is 0. The maximum Gasteiger partial charge on any atom is 0.244 e. The van der Waals surface area contributed by atoms with E-state index in [1.54, 1.807) is 7.05 Å². The summed E-state index contributed by atoms with van der Waals surface area (Å²) in [4.78, 5) is 35.5. The van der Waals surface area contributed by atoms with Crippen LogP contribution in [0.4, 0.5) is 5.69 Å². The number of rotatable bonds is 6. The SMILES string of the molecule is CCNC(=NCC(=O)N1CCN(c2ccccc2)CC1)N1CCC(CC(=O)NC)CC1. The number of anilines is 1. The summed E-state index contributed by atoms with van der Waals surface area (Å²) in [6.07, 6.45) is 2.52. The highest BCUT2D eigenvalue weighted by atomic mass is 16.2. The minimum atomic E-state index is 0.0811. The third kappa shape index (κ3) is 6.60. The first-order chi connectivity index (χ1) is 15.1. The Morgan fingerprint density at radius 2 is 1.68 bits per heavy atom. The molecule has 2 N–H and O–H groups in total. The number of piperidine rings is 1. The topological polar surface area (TPSA) is 80.3 Å². The van der Waals surface area contributed by atoms with Crippen molar-refractivity contribution in [3.05, 3.63) is 30.3 Å². The minimum Gasteiger partial charge on any atom is -0.368 e. The van der Waals surface area contributed by atoms with Gasteiger partial charge in [0, 0.05) is 65.0 Å². The number of nitrogens with one attached hydrogen (secondary N) is 2. The van der Waals surface area contributed by atoms with E-state index in [4.69, 9.17) is 0 Å². The summed E-state index contributed by atoms with van der Waals surface area (Å²) < 4.78 is 0. The van der Waals surface area contributed by atoms with Gasteiger partial charge < -0.3 is 25.3 Å². The van der Waals surface area contributed by atoms with Crippen LogP contribution in [0.25, 0.3) is 0 Å². The zero-order chi connectivity index (χ0) is 22.1. The summed E-state index contributed by atoms with van der Waals surface area (Å²) in [6.45, 7) is 7.84. The molecular weight excluding hydrogens is 392 g/mol. The number of carbonyl (C=O) groups excluding carboxylic acids is 2. The summed E-state index contributed by atoms with van der Waals surface area (Å²) in [5.74, 6) is 1.41. The standard InChI is InChI=1S/C23H36N6O2/c1-3-25-23(29-11-9-19(10-12-29)17-21(30)24-2)26-18-22(31)28-15-13-27(14-16-28)20-7-5-4-6-8-20/h4-8,19H,3,9-18H2,1-2H3,(H,24,30)(H,25,26). The number of nitrogens with zero attached hydrogens (tertiary/aromatic N) is 4. The summed E-state index contributed by atoms with van der Waals surface area (Å²) in [5.41, 5.74) is 1.21. The first-order valence-electron chi connectivity index (χ1n) is 11.4. The van der Waals surface area contributed by atoms with Gasteiger partial charge in [0.1, 0.15) is 6.54 Å². The number of guanidine groups is 1. The zero-order valence-electron chi connectivity index (χ0n) is 18.8. The van der Waals surface area contributed by atoms with E-state index in [9.17, 15) is 9.59 Å². The molecule has 1 aromatic rings. The molecule has 2 aliphatic heterocycles. The minimum absolute atomic E-state index is 0.0811. The third-order valence-corrected chi connectivity index (χ3v) is 6.12. The van der Waals surface area contributed by atoms with Gasteiger partial charge in [0.05, 0.1) is 0 Å². The van der Waals surface area contributed by atoms with Crippen molar-refractivity contribution >= 4 is 23.5 Å². The fourth-order valence-corrected chi connectivity index (χ4v) is 4.23. The Hall–Kier alpha value is -2.77. The van der Waals surface area contributed by atoms with Gasteiger partial charge in [0.25, 0.3) is 0 Å². The molecule has 0 unspecified atom stereocenters. The van der Waals surface area contributed by atoms with Crippen LogP contribution in [-0.4, -0.2) is 87.0 Å². The highest BCUT2D eigenvalue weighted by Crippen LogP contribution is 2.20. The Kier molecular flexibility index (Phi) is 8.55. The summed E-state index contributed by atoms with van der Waals surface area (Å²) in [7, 11) is 1.69. The fourth-order valence-electron chi connectivity index (χ4n) is 4.23. The fraction of sp³-hybridized carbons (Fsp3) is 0.609. The number of hydrogen-bond donors (Lipinski definition) is 2. The largest absolute Gasteiger partial charge is 0.368 e. The van der Waals surface area contributed by atoms with E-state index in [1.807, 2.05) is 30.0 Å². The molecule has 2 amide bonds. The number of carbonyl (C=O) groups is 2. The van der Waals surface area contributed by atoms with Gasteiger partial charge in [-0.1, -0.05) is 18.2 Å². The number of likely N-dealkylation sites (tertiary alicyclic amines) is 1. The van der Waals surface area contributed by atoms with Gasteiger partial charge in [-0.15, -0.1) is 0 Å². The van der Waals surface area contributed by atoms with Crippen LogP contribution in [0.5, 0.6) is 0 Å². The molecule has 0 aliphatic carbocycles. The van der Waals surface area contributed by atoms with Crippen LogP contribution in [-0.2, 0) is 9.59 Å². The number of benzene rings is 1. The van der Waals surface area contributed by atoms with Gasteiger partial charge in [-0.2, -0.15) is 0 Å². The monoisotopic (exact) mass is 428 g/mol. The van der Waals surface area contributed by atoms with Crippen molar-refractivity contribution in [2.75, 3.05) is 64.3 Å². The normalized spacial score (nSPS) is 18.1. The van der Waals surface area contributed by atoms with Crippen LogP contribution >= 0.6 is 0 Å². The molecule has 2 saturated heterocycles. The van der Waals surface area contributed by atoms with Crippen molar-refractivity contribution in [3.63, 3.8) is 0 Å². The molecule has 170 valence electrons. The zero-order valence-corrected chi connectivity index (χ0v) is 18.8. The molecule has 8 nitrogen and oxygen atoms in total.